The molecule has 0 amide bonds. The van der Waals surface area contributed by atoms with Crippen LogP contribution in [-0.2, 0) is 18.4 Å². The minimum absolute atomic E-state index is 0.0172. The molecule has 0 spiro atoms. The average molecular weight is 234 g/mol. The van der Waals surface area contributed by atoms with Crippen LogP contribution in [0.25, 0.3) is 0 Å². The van der Waals surface area contributed by atoms with Crippen molar-refractivity contribution in [2.24, 2.45) is 5.92 Å². The lowest BCUT2D eigenvalue weighted by molar-refractivity contribution is -0.122. The van der Waals surface area contributed by atoms with Crippen molar-refractivity contribution in [2.45, 2.75) is 38.7 Å². The Morgan fingerprint density at radius 2 is 1.80 bits per heavy atom. The average Bonchev–Trinajstić information content (AvgIpc) is 2.18. The molecule has 1 atom stereocenters. The summed E-state index contributed by atoms with van der Waals surface area (Å²) in [4.78, 5) is 11.1. The predicted octanol–water partition coefficient (Wildman–Crippen LogP) is 2.62. The van der Waals surface area contributed by atoms with E-state index in [1.807, 2.05) is 0 Å². The normalized spacial score (nSPS) is 30.9. The van der Waals surface area contributed by atoms with E-state index in [9.17, 15) is 9.36 Å². The highest BCUT2D eigenvalue weighted by Crippen LogP contribution is 2.46. The Hall–Kier alpha value is -0.180. The molecule has 0 aromatic heterocycles. The van der Waals surface area contributed by atoms with Gasteiger partial charge in [0.25, 0.3) is 0 Å². The molecule has 0 bridgehead atoms. The Bertz CT molecular complexity index is 269. The van der Waals surface area contributed by atoms with Gasteiger partial charge in [0.1, 0.15) is 5.78 Å². The van der Waals surface area contributed by atoms with Gasteiger partial charge in [-0.1, -0.05) is 0 Å². The van der Waals surface area contributed by atoms with Crippen molar-refractivity contribution in [3.8, 4) is 0 Å². The van der Waals surface area contributed by atoms with Crippen LogP contribution in [-0.4, -0.2) is 25.7 Å². The Kier molecular flexibility index (Phi) is 4.50. The number of carbonyl (C=O) groups is 1. The molecule has 4 nitrogen and oxygen atoms in total. The van der Waals surface area contributed by atoms with Crippen LogP contribution < -0.4 is 0 Å². The van der Waals surface area contributed by atoms with Crippen molar-refractivity contribution in [3.05, 3.63) is 0 Å². The maximum absolute atomic E-state index is 11.6. The minimum Gasteiger partial charge on any atom is -0.312 e. The van der Waals surface area contributed by atoms with E-state index in [4.69, 9.17) is 9.05 Å². The number of ketones is 1. The monoisotopic (exact) mass is 234 g/mol. The highest BCUT2D eigenvalue weighted by molar-refractivity contribution is 7.52. The third kappa shape index (κ3) is 4.06. The van der Waals surface area contributed by atoms with Crippen LogP contribution in [0.3, 0.4) is 0 Å². The number of hydrogen-bond acceptors (Lipinski definition) is 4. The molecular weight excluding hydrogens is 215 g/mol. The molecule has 0 aromatic carbocycles. The molecule has 15 heavy (non-hydrogen) atoms. The zero-order valence-corrected chi connectivity index (χ0v) is 10.5. The van der Waals surface area contributed by atoms with E-state index in [1.54, 1.807) is 6.92 Å². The van der Waals surface area contributed by atoms with Gasteiger partial charge in [0.15, 0.2) is 0 Å². The fourth-order valence-corrected chi connectivity index (χ4v) is 2.73. The quantitative estimate of drug-likeness (QED) is 0.701. The Morgan fingerprint density at radius 3 is 2.20 bits per heavy atom. The zero-order valence-electron chi connectivity index (χ0n) is 9.56. The van der Waals surface area contributed by atoms with Gasteiger partial charge in [0, 0.05) is 19.7 Å². The first-order valence-corrected chi connectivity index (χ1v) is 7.25. The van der Waals surface area contributed by atoms with Gasteiger partial charge in [-0.05, 0) is 32.6 Å². The molecule has 1 saturated carbocycles. The van der Waals surface area contributed by atoms with Crippen LogP contribution in [0.15, 0.2) is 0 Å². The van der Waals surface area contributed by atoms with Gasteiger partial charge in [-0.15, -0.1) is 0 Å². The van der Waals surface area contributed by atoms with E-state index in [0.717, 1.165) is 25.7 Å². The maximum atomic E-state index is 11.6. The molecule has 1 aliphatic rings. The van der Waals surface area contributed by atoms with E-state index in [0.29, 0.717) is 0 Å². The smallest absolute Gasteiger partial charge is 0.312 e. The number of carbonyl (C=O) groups excluding carboxylic acids is 1. The van der Waals surface area contributed by atoms with Crippen LogP contribution in [0.5, 0.6) is 0 Å². The van der Waals surface area contributed by atoms with Crippen molar-refractivity contribution in [3.63, 3.8) is 0 Å². The summed E-state index contributed by atoms with van der Waals surface area (Å²) in [5.74, 6) is 0.420. The Balaban J connectivity index is 2.38. The molecule has 0 heterocycles. The van der Waals surface area contributed by atoms with Crippen LogP contribution in [0.4, 0.5) is 0 Å². The standard InChI is InChI=1S/C10H19O4P/c1-8(11)9-4-6-10(7-5-9)14-15(3,12)13-2/h9-10H,4-7H2,1-3H3. The van der Waals surface area contributed by atoms with Gasteiger partial charge in [0.2, 0.25) is 0 Å². The lowest BCUT2D eigenvalue weighted by Gasteiger charge is -2.28. The molecule has 88 valence electrons. The van der Waals surface area contributed by atoms with Crippen LogP contribution >= 0.6 is 7.60 Å². The summed E-state index contributed by atoms with van der Waals surface area (Å²) in [5.41, 5.74) is 0. The van der Waals surface area contributed by atoms with E-state index < -0.39 is 7.60 Å². The summed E-state index contributed by atoms with van der Waals surface area (Å²) >= 11 is 0. The highest BCUT2D eigenvalue weighted by atomic mass is 31.2. The summed E-state index contributed by atoms with van der Waals surface area (Å²) in [6.07, 6.45) is 3.25. The summed E-state index contributed by atoms with van der Waals surface area (Å²) in [6, 6.07) is 0. The second-order valence-corrected chi connectivity index (χ2v) is 6.26. The Morgan fingerprint density at radius 1 is 1.27 bits per heavy atom. The van der Waals surface area contributed by atoms with Gasteiger partial charge in [-0.25, -0.2) is 0 Å². The SMILES string of the molecule is COP(C)(=O)OC1CCC(C(C)=O)CC1. The van der Waals surface area contributed by atoms with Gasteiger partial charge >= 0.3 is 7.60 Å². The fourth-order valence-electron chi connectivity index (χ4n) is 1.89. The van der Waals surface area contributed by atoms with Crippen LogP contribution in [0.1, 0.15) is 32.6 Å². The molecule has 0 radical (unpaired) electrons. The molecule has 1 rings (SSSR count). The van der Waals surface area contributed by atoms with E-state index in [1.165, 1.54) is 13.8 Å². The summed E-state index contributed by atoms with van der Waals surface area (Å²) < 4.78 is 21.7. The minimum atomic E-state index is -2.87. The van der Waals surface area contributed by atoms with E-state index >= 15 is 0 Å². The molecule has 5 heteroatoms. The third-order valence-electron chi connectivity index (χ3n) is 2.92. The molecule has 0 aromatic rings. The van der Waals surface area contributed by atoms with Crippen molar-refractivity contribution in [1.82, 2.24) is 0 Å². The first kappa shape index (κ1) is 12.9. The molecule has 0 saturated heterocycles. The number of hydrogen-bond donors (Lipinski definition) is 0. The van der Waals surface area contributed by atoms with E-state index in [-0.39, 0.29) is 17.8 Å². The van der Waals surface area contributed by atoms with Crippen molar-refractivity contribution in [1.29, 1.82) is 0 Å². The summed E-state index contributed by atoms with van der Waals surface area (Å²) in [7, 11) is -1.48. The fraction of sp³-hybridized carbons (Fsp3) is 0.900. The number of rotatable bonds is 4. The van der Waals surface area contributed by atoms with E-state index in [2.05, 4.69) is 0 Å². The summed E-state index contributed by atoms with van der Waals surface area (Å²) in [6.45, 7) is 3.11. The second-order valence-electron chi connectivity index (χ2n) is 4.14. The lowest BCUT2D eigenvalue weighted by atomic mass is 9.85. The van der Waals surface area contributed by atoms with Crippen LogP contribution in [0.2, 0.25) is 0 Å². The molecule has 1 aliphatic carbocycles. The molecule has 1 fully saturated rings. The second kappa shape index (κ2) is 5.24. The molecular formula is C10H19O4P. The highest BCUT2D eigenvalue weighted by Gasteiger charge is 2.28. The Labute approximate surface area is 90.9 Å². The number of Topliss-reactive ketones (excluding diaryl/α,β-unsaturated/α-hetero) is 1. The first-order chi connectivity index (χ1) is 6.94. The van der Waals surface area contributed by atoms with Crippen molar-refractivity contribution < 1.29 is 18.4 Å². The van der Waals surface area contributed by atoms with Crippen molar-refractivity contribution in [2.75, 3.05) is 13.8 Å². The largest absolute Gasteiger partial charge is 0.327 e. The van der Waals surface area contributed by atoms with Crippen molar-refractivity contribution >= 4 is 13.4 Å². The first-order valence-electron chi connectivity index (χ1n) is 5.26. The third-order valence-corrected chi connectivity index (χ3v) is 4.27. The van der Waals surface area contributed by atoms with Gasteiger partial charge in [-0.3, -0.25) is 9.36 Å². The van der Waals surface area contributed by atoms with Crippen LogP contribution in [0, 0.1) is 5.92 Å². The topological polar surface area (TPSA) is 52.6 Å². The summed E-state index contributed by atoms with van der Waals surface area (Å²) in [5, 5.41) is 0. The van der Waals surface area contributed by atoms with Gasteiger partial charge in [-0.2, -0.15) is 0 Å². The molecule has 0 aliphatic heterocycles. The molecule has 0 N–H and O–H groups in total. The van der Waals surface area contributed by atoms with Gasteiger partial charge < -0.3 is 9.05 Å². The lowest BCUT2D eigenvalue weighted by Crippen LogP contribution is -2.24. The zero-order chi connectivity index (χ0) is 11.5. The maximum Gasteiger partial charge on any atom is 0.327 e. The molecule has 1 unspecified atom stereocenters. The van der Waals surface area contributed by atoms with Gasteiger partial charge in [0.05, 0.1) is 6.10 Å². The predicted molar refractivity (Wildman–Crippen MR) is 58.1 cm³/mol.